The van der Waals surface area contributed by atoms with Gasteiger partial charge in [0, 0.05) is 19.4 Å². The van der Waals surface area contributed by atoms with Crippen LogP contribution in [0.2, 0.25) is 0 Å². The van der Waals surface area contributed by atoms with Crippen molar-refractivity contribution in [1.29, 1.82) is 0 Å². The van der Waals surface area contributed by atoms with Gasteiger partial charge in [0.15, 0.2) is 0 Å². The SMILES string of the molecule is NC(=O)CCC(N)C(=O)N1CCCC1C(=O)NC(Cc1ccc(O)cc1)C(=O)NC(CC(N)=O)C(=O)O. The number of likely N-dealkylation sites (tertiary alicyclic amines) is 1. The number of carbonyl (C=O) groups is 6. The Morgan fingerprint density at radius 3 is 2.22 bits per heavy atom. The first-order chi connectivity index (χ1) is 17.4. The number of aliphatic carboxylic acids is 1. The summed E-state index contributed by atoms with van der Waals surface area (Å²) < 4.78 is 0. The number of aromatic hydroxyl groups is 1. The van der Waals surface area contributed by atoms with Crippen LogP contribution in [0.1, 0.15) is 37.7 Å². The highest BCUT2D eigenvalue weighted by atomic mass is 16.4. The Morgan fingerprint density at radius 1 is 1.00 bits per heavy atom. The van der Waals surface area contributed by atoms with Gasteiger partial charge in [-0.25, -0.2) is 4.79 Å². The number of benzene rings is 1. The van der Waals surface area contributed by atoms with Crippen LogP contribution >= 0.6 is 0 Å². The van der Waals surface area contributed by atoms with E-state index in [9.17, 15) is 39.0 Å². The van der Waals surface area contributed by atoms with Crippen molar-refractivity contribution in [1.82, 2.24) is 15.5 Å². The van der Waals surface area contributed by atoms with Crippen LogP contribution in [-0.2, 0) is 35.2 Å². The van der Waals surface area contributed by atoms with Crippen molar-refractivity contribution in [3.05, 3.63) is 29.8 Å². The van der Waals surface area contributed by atoms with Crippen LogP contribution in [0, 0.1) is 0 Å². The maximum atomic E-state index is 13.2. The van der Waals surface area contributed by atoms with Gasteiger partial charge < -0.3 is 42.9 Å². The number of hydrogen-bond acceptors (Lipinski definition) is 8. The van der Waals surface area contributed by atoms with Crippen LogP contribution in [0.5, 0.6) is 5.75 Å². The molecule has 1 fully saturated rings. The zero-order valence-corrected chi connectivity index (χ0v) is 20.1. The van der Waals surface area contributed by atoms with Gasteiger partial charge in [0.25, 0.3) is 0 Å². The average molecular weight is 521 g/mol. The Hall–Kier alpha value is -4.20. The number of phenolic OH excluding ortho intramolecular Hbond substituents is 1. The van der Waals surface area contributed by atoms with Crippen molar-refractivity contribution in [2.24, 2.45) is 17.2 Å². The number of carboxylic acid groups (broad SMARTS) is 1. The third-order valence-corrected chi connectivity index (χ3v) is 5.89. The normalized spacial score (nSPS) is 17.3. The van der Waals surface area contributed by atoms with E-state index >= 15 is 0 Å². The van der Waals surface area contributed by atoms with E-state index in [-0.39, 0.29) is 31.6 Å². The predicted octanol–water partition coefficient (Wildman–Crippen LogP) is -2.55. The van der Waals surface area contributed by atoms with Crippen molar-refractivity contribution < 1.29 is 39.0 Å². The molecule has 1 aliphatic heterocycles. The largest absolute Gasteiger partial charge is 0.508 e. The zero-order valence-electron chi connectivity index (χ0n) is 20.1. The number of nitrogens with one attached hydrogen (secondary N) is 2. The number of rotatable bonds is 13. The molecule has 0 spiro atoms. The molecule has 0 radical (unpaired) electrons. The molecule has 4 unspecified atom stereocenters. The Balaban J connectivity index is 2.20. The number of primary amides is 2. The van der Waals surface area contributed by atoms with Crippen LogP contribution in [0.3, 0.4) is 0 Å². The minimum Gasteiger partial charge on any atom is -0.508 e. The van der Waals surface area contributed by atoms with E-state index in [1.54, 1.807) is 0 Å². The van der Waals surface area contributed by atoms with E-state index in [0.717, 1.165) is 0 Å². The summed E-state index contributed by atoms with van der Waals surface area (Å²) in [7, 11) is 0. The van der Waals surface area contributed by atoms with E-state index in [1.165, 1.54) is 29.2 Å². The number of hydrogen-bond donors (Lipinski definition) is 7. The molecular weight excluding hydrogens is 488 g/mol. The summed E-state index contributed by atoms with van der Waals surface area (Å²) in [4.78, 5) is 74.0. The number of phenols is 1. The molecule has 4 atom stereocenters. The van der Waals surface area contributed by atoms with E-state index in [0.29, 0.717) is 18.4 Å². The Labute approximate surface area is 212 Å². The Morgan fingerprint density at radius 2 is 1.65 bits per heavy atom. The molecule has 0 aromatic heterocycles. The topological polar surface area (TPSA) is 248 Å². The second kappa shape index (κ2) is 13.2. The highest BCUT2D eigenvalue weighted by Crippen LogP contribution is 2.20. The van der Waals surface area contributed by atoms with Crippen molar-refractivity contribution >= 4 is 35.5 Å². The maximum Gasteiger partial charge on any atom is 0.326 e. The smallest absolute Gasteiger partial charge is 0.326 e. The van der Waals surface area contributed by atoms with Gasteiger partial charge in [-0.2, -0.15) is 0 Å². The summed E-state index contributed by atoms with van der Waals surface area (Å²) in [6, 6.07) is 0.912. The molecule has 10 N–H and O–H groups in total. The minimum atomic E-state index is -1.61. The number of nitrogens with two attached hydrogens (primary N) is 3. The van der Waals surface area contributed by atoms with Crippen LogP contribution in [0.25, 0.3) is 0 Å². The molecule has 37 heavy (non-hydrogen) atoms. The van der Waals surface area contributed by atoms with Gasteiger partial charge in [-0.1, -0.05) is 12.1 Å². The van der Waals surface area contributed by atoms with Gasteiger partial charge in [0.1, 0.15) is 23.9 Å². The molecule has 1 heterocycles. The first kappa shape index (κ1) is 29.0. The Kier molecular flexibility index (Phi) is 10.4. The van der Waals surface area contributed by atoms with Crippen LogP contribution in [0.15, 0.2) is 24.3 Å². The molecule has 2 rings (SSSR count). The first-order valence-electron chi connectivity index (χ1n) is 11.6. The Bertz CT molecular complexity index is 1030. The lowest BCUT2D eigenvalue weighted by molar-refractivity contribution is -0.144. The standard InChI is InChI=1S/C23H32N6O8/c24-14(7-8-18(25)31)22(35)29-9-1-2-17(29)21(34)27-15(10-12-3-5-13(30)6-4-12)20(33)28-16(23(36)37)11-19(26)32/h3-6,14-17,30H,1-2,7-11,24H2,(H2,25,31)(H2,26,32)(H,27,34)(H,28,33)(H,36,37). The van der Waals surface area contributed by atoms with E-state index in [2.05, 4.69) is 10.6 Å². The molecule has 202 valence electrons. The minimum absolute atomic E-state index is 0.0152. The molecule has 1 aliphatic rings. The lowest BCUT2D eigenvalue weighted by atomic mass is 10.0. The molecule has 0 aliphatic carbocycles. The number of nitrogens with zero attached hydrogens (tertiary/aromatic N) is 1. The molecule has 1 aromatic rings. The average Bonchev–Trinajstić information content (AvgIpc) is 3.32. The molecule has 1 saturated heterocycles. The zero-order chi connectivity index (χ0) is 27.7. The second-order valence-electron chi connectivity index (χ2n) is 8.80. The molecule has 1 aromatic carbocycles. The maximum absolute atomic E-state index is 13.2. The highest BCUT2D eigenvalue weighted by Gasteiger charge is 2.38. The molecule has 0 saturated carbocycles. The van der Waals surface area contributed by atoms with Crippen LogP contribution in [0.4, 0.5) is 0 Å². The van der Waals surface area contributed by atoms with Crippen molar-refractivity contribution in [2.75, 3.05) is 6.54 Å². The molecule has 5 amide bonds. The molecule has 0 bridgehead atoms. The molecule has 14 nitrogen and oxygen atoms in total. The van der Waals surface area contributed by atoms with Crippen LogP contribution in [-0.4, -0.2) is 81.3 Å². The second-order valence-corrected chi connectivity index (χ2v) is 8.80. The lowest BCUT2D eigenvalue weighted by Gasteiger charge is -2.28. The summed E-state index contributed by atoms with van der Waals surface area (Å²) in [6.07, 6.45) is -0.0214. The van der Waals surface area contributed by atoms with Crippen LogP contribution < -0.4 is 27.8 Å². The van der Waals surface area contributed by atoms with Gasteiger partial charge >= 0.3 is 5.97 Å². The molecular formula is C23H32N6O8. The summed E-state index contributed by atoms with van der Waals surface area (Å²) in [5, 5.41) is 23.6. The highest BCUT2D eigenvalue weighted by molar-refractivity contribution is 5.95. The predicted molar refractivity (Wildman–Crippen MR) is 128 cm³/mol. The van der Waals surface area contributed by atoms with Gasteiger partial charge in [0.2, 0.25) is 29.5 Å². The summed E-state index contributed by atoms with van der Waals surface area (Å²) in [5.41, 5.74) is 16.6. The fourth-order valence-electron chi connectivity index (χ4n) is 3.96. The fourth-order valence-corrected chi connectivity index (χ4v) is 3.96. The quantitative estimate of drug-likeness (QED) is 0.144. The monoisotopic (exact) mass is 520 g/mol. The first-order valence-corrected chi connectivity index (χ1v) is 11.6. The van der Waals surface area contributed by atoms with E-state index < -0.39 is 66.1 Å². The summed E-state index contributed by atoms with van der Waals surface area (Å²) in [5.74, 6) is -5.14. The summed E-state index contributed by atoms with van der Waals surface area (Å²) >= 11 is 0. The van der Waals surface area contributed by atoms with Crippen molar-refractivity contribution in [2.45, 2.75) is 62.7 Å². The third-order valence-electron chi connectivity index (χ3n) is 5.89. The number of amides is 5. The van der Waals surface area contributed by atoms with E-state index in [4.69, 9.17) is 17.2 Å². The van der Waals surface area contributed by atoms with E-state index in [1.807, 2.05) is 0 Å². The number of carbonyl (C=O) groups excluding carboxylic acids is 5. The lowest BCUT2D eigenvalue weighted by Crippen LogP contribution is -2.57. The third kappa shape index (κ3) is 8.75. The van der Waals surface area contributed by atoms with Gasteiger partial charge in [0.05, 0.1) is 12.5 Å². The van der Waals surface area contributed by atoms with Gasteiger partial charge in [-0.3, -0.25) is 24.0 Å². The van der Waals surface area contributed by atoms with Crippen molar-refractivity contribution in [3.8, 4) is 5.75 Å². The fraction of sp³-hybridized carbons (Fsp3) is 0.478. The van der Waals surface area contributed by atoms with Gasteiger partial charge in [-0.05, 0) is 37.0 Å². The summed E-state index contributed by atoms with van der Waals surface area (Å²) in [6.45, 7) is 0.246. The van der Waals surface area contributed by atoms with Gasteiger partial charge in [-0.15, -0.1) is 0 Å². The molecule has 14 heteroatoms. The van der Waals surface area contributed by atoms with Crippen molar-refractivity contribution in [3.63, 3.8) is 0 Å². The number of carboxylic acids is 1.